The lowest BCUT2D eigenvalue weighted by molar-refractivity contribution is -0.136. The highest BCUT2D eigenvalue weighted by Gasteiger charge is 2.48. The number of hydrogen-bond acceptors (Lipinski definition) is 5. The summed E-state index contributed by atoms with van der Waals surface area (Å²) >= 11 is 0. The molecule has 6 nitrogen and oxygen atoms in total. The maximum Gasteiger partial charge on any atom is 0.389 e. The minimum absolute atomic E-state index is 0.125. The van der Waals surface area contributed by atoms with E-state index >= 15 is 0 Å². The van der Waals surface area contributed by atoms with Gasteiger partial charge in [0.15, 0.2) is 0 Å². The van der Waals surface area contributed by atoms with Gasteiger partial charge < -0.3 is 14.6 Å². The smallest absolute Gasteiger partial charge is 0.389 e. The monoisotopic (exact) mass is 453 g/mol. The zero-order valence-corrected chi connectivity index (χ0v) is 18.5. The molecule has 0 unspecified atom stereocenters. The van der Waals surface area contributed by atoms with Crippen molar-refractivity contribution >= 4 is 10.0 Å². The van der Waals surface area contributed by atoms with E-state index in [1.165, 1.54) is 11.2 Å². The third-order valence-electron chi connectivity index (χ3n) is 5.03. The molecule has 0 radical (unpaired) electrons. The van der Waals surface area contributed by atoms with Crippen molar-refractivity contribution in [1.29, 1.82) is 0 Å². The number of ether oxygens (including phenoxy) is 2. The van der Waals surface area contributed by atoms with Gasteiger partial charge in [0.05, 0.1) is 18.4 Å². The first kappa shape index (κ1) is 24.7. The zero-order valence-electron chi connectivity index (χ0n) is 17.7. The van der Waals surface area contributed by atoms with Crippen LogP contribution >= 0.6 is 0 Å². The van der Waals surface area contributed by atoms with E-state index in [0.717, 1.165) is 0 Å². The first-order valence-corrected chi connectivity index (χ1v) is 11.6. The summed E-state index contributed by atoms with van der Waals surface area (Å²) in [5, 5.41) is 11.0. The molecule has 0 aromatic heterocycles. The van der Waals surface area contributed by atoms with Gasteiger partial charge in [-0.2, -0.15) is 17.5 Å². The first-order valence-electron chi connectivity index (χ1n) is 10.0. The van der Waals surface area contributed by atoms with Gasteiger partial charge in [-0.15, -0.1) is 0 Å². The predicted octanol–water partition coefficient (Wildman–Crippen LogP) is 4.04. The number of halogens is 3. The van der Waals surface area contributed by atoms with Gasteiger partial charge in [0.2, 0.25) is 10.0 Å². The van der Waals surface area contributed by atoms with Gasteiger partial charge >= 0.3 is 6.18 Å². The fourth-order valence-electron chi connectivity index (χ4n) is 3.45. The Balaban J connectivity index is 2.39. The minimum atomic E-state index is -4.25. The van der Waals surface area contributed by atoms with Crippen LogP contribution in [0.25, 0.3) is 0 Å². The average Bonchev–Trinajstić information content (AvgIpc) is 2.64. The number of benzene rings is 1. The van der Waals surface area contributed by atoms with Crippen LogP contribution in [0.2, 0.25) is 0 Å². The number of alkyl halides is 3. The van der Waals surface area contributed by atoms with Crippen LogP contribution in [0.4, 0.5) is 13.2 Å². The van der Waals surface area contributed by atoms with Crippen molar-refractivity contribution in [3.05, 3.63) is 23.8 Å². The van der Waals surface area contributed by atoms with E-state index in [1.807, 2.05) is 6.92 Å². The van der Waals surface area contributed by atoms with Crippen LogP contribution in [0.1, 0.15) is 58.6 Å². The second-order valence-corrected chi connectivity index (χ2v) is 10.1. The minimum Gasteiger partial charge on any atom is -0.494 e. The first-order chi connectivity index (χ1) is 13.8. The molecule has 1 aromatic rings. The van der Waals surface area contributed by atoms with Crippen LogP contribution in [0, 0.1) is 0 Å². The number of hydrogen-bond donors (Lipinski definition) is 1. The molecule has 1 aromatic carbocycles. The molecule has 172 valence electrons. The SMILES string of the molecule is CCCN([C@@H]1c2cc(OCCCC(F)(F)F)ccc2OC(C)(C)[C@H]1O)S(=O)(=O)CC. The Morgan fingerprint density at radius 2 is 1.93 bits per heavy atom. The summed E-state index contributed by atoms with van der Waals surface area (Å²) in [6.07, 6.45) is -5.99. The van der Waals surface area contributed by atoms with Crippen LogP contribution in [-0.2, 0) is 10.0 Å². The van der Waals surface area contributed by atoms with Crippen LogP contribution in [0.5, 0.6) is 11.5 Å². The Bertz CT molecular complexity index is 826. The summed E-state index contributed by atoms with van der Waals surface area (Å²) in [5.41, 5.74) is -0.609. The fourth-order valence-corrected chi connectivity index (χ4v) is 4.81. The summed E-state index contributed by atoms with van der Waals surface area (Å²) < 4.78 is 75.1. The molecule has 1 N–H and O–H groups in total. The third kappa shape index (κ3) is 5.79. The van der Waals surface area contributed by atoms with Gasteiger partial charge in [-0.05, 0) is 51.8 Å². The van der Waals surface area contributed by atoms with Crippen molar-refractivity contribution in [2.45, 2.75) is 70.9 Å². The number of rotatable bonds is 9. The summed E-state index contributed by atoms with van der Waals surface area (Å²) in [6, 6.07) is 3.81. The zero-order chi connectivity index (χ0) is 22.7. The average molecular weight is 454 g/mol. The molecule has 1 aliphatic heterocycles. The Labute approximate surface area is 176 Å². The molecule has 30 heavy (non-hydrogen) atoms. The molecule has 2 atom stereocenters. The summed E-state index contributed by atoms with van der Waals surface area (Å²) in [6.45, 7) is 6.82. The lowest BCUT2D eigenvalue weighted by atomic mass is 9.86. The van der Waals surface area contributed by atoms with Gasteiger partial charge in [0, 0.05) is 18.5 Å². The molecule has 1 aliphatic rings. The molecule has 0 bridgehead atoms. The highest BCUT2D eigenvalue weighted by molar-refractivity contribution is 7.89. The Morgan fingerprint density at radius 3 is 2.50 bits per heavy atom. The molecule has 0 amide bonds. The number of nitrogens with zero attached hydrogens (tertiary/aromatic N) is 1. The Kier molecular flexibility index (Phi) is 7.68. The van der Waals surface area contributed by atoms with Crippen molar-refractivity contribution in [3.8, 4) is 11.5 Å². The van der Waals surface area contributed by atoms with E-state index in [9.17, 15) is 26.7 Å². The second kappa shape index (κ2) is 9.32. The normalized spacial score (nSPS) is 21.2. The van der Waals surface area contributed by atoms with Crippen molar-refractivity contribution in [2.75, 3.05) is 18.9 Å². The van der Waals surface area contributed by atoms with Gasteiger partial charge in [0.25, 0.3) is 0 Å². The van der Waals surface area contributed by atoms with Crippen molar-refractivity contribution in [1.82, 2.24) is 4.31 Å². The number of aliphatic hydroxyl groups excluding tert-OH is 1. The molecule has 0 saturated carbocycles. The highest BCUT2D eigenvalue weighted by Crippen LogP contribution is 2.45. The van der Waals surface area contributed by atoms with E-state index < -0.39 is 40.4 Å². The molecule has 0 fully saturated rings. The lowest BCUT2D eigenvalue weighted by Gasteiger charge is -2.45. The van der Waals surface area contributed by atoms with Gasteiger partial charge in [-0.3, -0.25) is 0 Å². The van der Waals surface area contributed by atoms with E-state index in [2.05, 4.69) is 0 Å². The van der Waals surface area contributed by atoms with Gasteiger partial charge in [-0.25, -0.2) is 8.42 Å². The Hall–Kier alpha value is -1.52. The van der Waals surface area contributed by atoms with Gasteiger partial charge in [-0.1, -0.05) is 6.92 Å². The molecule has 0 saturated heterocycles. The fraction of sp³-hybridized carbons (Fsp3) is 0.700. The van der Waals surface area contributed by atoms with Crippen molar-refractivity contribution in [2.24, 2.45) is 0 Å². The van der Waals surface area contributed by atoms with E-state index in [4.69, 9.17) is 9.47 Å². The molecule has 1 heterocycles. The van der Waals surface area contributed by atoms with E-state index in [0.29, 0.717) is 23.5 Å². The van der Waals surface area contributed by atoms with Crippen LogP contribution in [0.3, 0.4) is 0 Å². The van der Waals surface area contributed by atoms with Gasteiger partial charge in [0.1, 0.15) is 23.2 Å². The third-order valence-corrected chi connectivity index (χ3v) is 6.89. The number of fused-ring (bicyclic) bond motifs is 1. The molecule has 10 heteroatoms. The van der Waals surface area contributed by atoms with Crippen molar-refractivity contribution in [3.63, 3.8) is 0 Å². The molecule has 2 rings (SSSR count). The Morgan fingerprint density at radius 1 is 1.27 bits per heavy atom. The van der Waals surface area contributed by atoms with Crippen LogP contribution in [0.15, 0.2) is 18.2 Å². The largest absolute Gasteiger partial charge is 0.494 e. The maximum absolute atomic E-state index is 12.8. The van der Waals surface area contributed by atoms with Crippen molar-refractivity contribution < 1.29 is 36.2 Å². The topological polar surface area (TPSA) is 76.1 Å². The molecule has 0 spiro atoms. The van der Waals surface area contributed by atoms with Crippen LogP contribution < -0.4 is 9.47 Å². The molecular formula is C20H30F3NO5S. The second-order valence-electron chi connectivity index (χ2n) is 7.87. The van der Waals surface area contributed by atoms with Crippen LogP contribution in [-0.4, -0.2) is 54.6 Å². The summed E-state index contributed by atoms with van der Waals surface area (Å²) in [7, 11) is -3.65. The predicted molar refractivity (Wildman–Crippen MR) is 107 cm³/mol. The summed E-state index contributed by atoms with van der Waals surface area (Å²) in [5.74, 6) is 0.577. The summed E-state index contributed by atoms with van der Waals surface area (Å²) in [4.78, 5) is 0. The highest BCUT2D eigenvalue weighted by atomic mass is 32.2. The number of sulfonamides is 1. The molecule has 0 aliphatic carbocycles. The molecular weight excluding hydrogens is 423 g/mol. The standard InChI is InChI=1S/C20H30F3NO5S/c1-5-11-24(30(26,27)6-2)17-15-13-14(28-12-7-10-20(21,22)23)8-9-16(15)29-19(3,4)18(17)25/h8-9,13,17-18,25H,5-7,10-12H2,1-4H3/t17-,18+/m1/s1. The number of aliphatic hydroxyl groups is 1. The van der Waals surface area contributed by atoms with E-state index in [1.54, 1.807) is 32.0 Å². The maximum atomic E-state index is 12.8. The quantitative estimate of drug-likeness (QED) is 0.571. The van der Waals surface area contributed by atoms with E-state index in [-0.39, 0.29) is 25.3 Å². The lowest BCUT2D eigenvalue weighted by Crippen LogP contribution is -2.55.